The molecule has 16 bridgehead atoms. The maximum Gasteiger partial charge on any atom is 0.343 e. The van der Waals surface area contributed by atoms with Crippen LogP contribution in [0.15, 0.2) is 230 Å². The molecule has 40 heteroatoms. The molecular weight excluding hydrogens is 2850 g/mol. The van der Waals surface area contributed by atoms with Crippen LogP contribution in [-0.2, 0) is 0 Å². The van der Waals surface area contributed by atoms with Crippen molar-refractivity contribution < 1.29 is 77.7 Å². The fourth-order valence-corrected chi connectivity index (χ4v) is 23.4. The van der Waals surface area contributed by atoms with Crippen LogP contribution in [0.3, 0.4) is 0 Å². The maximum absolute atomic E-state index is 14.1. The summed E-state index contributed by atoms with van der Waals surface area (Å²) in [6.45, 7) is 7.31. The number of carboxylic acid groups (broad SMARTS) is 4. The van der Waals surface area contributed by atoms with E-state index in [1.165, 1.54) is 36.4 Å². The Bertz CT molecular complexity index is 7820. The fourth-order valence-electron chi connectivity index (χ4n) is 15.7. The molecule has 0 aliphatic carbocycles. The van der Waals surface area contributed by atoms with Gasteiger partial charge in [-0.25, -0.2) is 58.3 Å². The van der Waals surface area contributed by atoms with E-state index in [0.717, 1.165) is 0 Å². The summed E-state index contributed by atoms with van der Waals surface area (Å²) in [5.74, 6) is -7.82. The van der Waals surface area contributed by atoms with E-state index in [1.807, 2.05) is 13.8 Å². The number of nitrogens with zero attached hydrogens (tertiary/aromatic N) is 4. The number of esters is 4. The number of aromatic amines is 4. The zero-order valence-electron chi connectivity index (χ0n) is 71.0. The van der Waals surface area contributed by atoms with Crippen molar-refractivity contribution in [3.8, 4) is 67.5 Å². The first-order chi connectivity index (χ1) is 66.8. The number of halogens is 16. The minimum atomic E-state index is -1.11. The van der Waals surface area contributed by atoms with Crippen molar-refractivity contribution >= 4 is 383 Å². The van der Waals surface area contributed by atoms with Crippen molar-refractivity contribution in [2.75, 3.05) is 0 Å². The first-order valence-corrected chi connectivity index (χ1v) is 53.3. The van der Waals surface area contributed by atoms with Gasteiger partial charge in [-0.1, -0.05) is 109 Å². The molecule has 4 aliphatic heterocycles. The molecule has 4 aliphatic rings. The quantitative estimate of drug-likeness (QED) is 0.0417. The second-order valence-corrected chi connectivity index (χ2v) is 43.5. The first kappa shape index (κ1) is 102. The van der Waals surface area contributed by atoms with E-state index >= 15 is 0 Å². The molecule has 0 spiro atoms. The van der Waals surface area contributed by atoms with Crippen molar-refractivity contribution in [3.63, 3.8) is 0 Å². The molecule has 0 atom stereocenters. The van der Waals surface area contributed by atoms with Gasteiger partial charge in [0, 0.05) is 22.3 Å². The predicted octanol–water partition coefficient (Wildman–Crippen LogP) is 32.8. The lowest BCUT2D eigenvalue weighted by Gasteiger charge is -2.20. The van der Waals surface area contributed by atoms with Crippen LogP contribution >= 0.6 is 255 Å². The third-order valence-corrected chi connectivity index (χ3v) is 39.5. The number of H-pyrrole nitrogens is 4. The normalized spacial score (nSPS) is 12.4. The van der Waals surface area contributed by atoms with Gasteiger partial charge in [0.1, 0.15) is 44.8 Å². The highest BCUT2D eigenvalue weighted by atomic mass is 79.9. The van der Waals surface area contributed by atoms with Crippen LogP contribution in [0.4, 0.5) is 0 Å². The van der Waals surface area contributed by atoms with Crippen molar-refractivity contribution in [1.82, 2.24) is 39.9 Å². The van der Waals surface area contributed by atoms with Gasteiger partial charge in [0.15, 0.2) is 23.0 Å². The van der Waals surface area contributed by atoms with Crippen molar-refractivity contribution in [2.45, 2.75) is 27.7 Å². The van der Waals surface area contributed by atoms with Gasteiger partial charge in [-0.3, -0.25) is 0 Å². The van der Waals surface area contributed by atoms with Crippen LogP contribution in [0.2, 0.25) is 0 Å². The van der Waals surface area contributed by atoms with Crippen LogP contribution in [0.1, 0.15) is 151 Å². The summed E-state index contributed by atoms with van der Waals surface area (Å²) in [5.41, 5.74) is 12.9. The van der Waals surface area contributed by atoms with Crippen LogP contribution < -0.4 is 18.9 Å². The van der Waals surface area contributed by atoms with E-state index in [-0.39, 0.29) is 130 Å². The molecule has 0 radical (unpaired) electrons. The molecule has 14 aromatic rings. The molecule has 0 fully saturated rings. The highest BCUT2D eigenvalue weighted by molar-refractivity contribution is 9.19. The number of fused-ring (bicyclic) bond motifs is 16. The molecule has 10 heterocycles. The Kier molecular flexibility index (Phi) is 30.3. The highest BCUT2D eigenvalue weighted by Crippen LogP contribution is 2.58. The number of carbonyl (C=O) groups excluding carboxylic acids is 4. The van der Waals surface area contributed by atoms with E-state index in [1.54, 1.807) is 172 Å². The zero-order valence-corrected chi connectivity index (χ0v) is 96.4. The number of hydrogen-bond donors (Lipinski definition) is 8. The summed E-state index contributed by atoms with van der Waals surface area (Å²) < 4.78 is 31.8. The van der Waals surface area contributed by atoms with Gasteiger partial charge in [-0.05, 0) is 412 Å². The molecule has 700 valence electrons. The molecule has 18 rings (SSSR count). The van der Waals surface area contributed by atoms with Gasteiger partial charge in [0.25, 0.3) is 0 Å². The Labute approximate surface area is 926 Å². The SMILES string of the molecule is Cc1c(C)c(-c2c3nc(c(-c4ccc(C(=O)O)cc4)c4[nH]c(c(Br)c4Br)c(-c4ccc(C(=O)O)cc4)c4nc(c(-c5ccc(C(=O)O)cc5)c5[nH]c2c(Br)c5Br)C(Br)=C4Br)C(Br)=C3Br)c(C)c(C)c1C(=O)O.O=C(Oc1c2nc(c(OC(=O)c3ccccc3)c3[nH]c(c(Br)c3Br)c(OC(=O)c3ccccc3)c3nc(c(OC(=O)c4ccccc4)c4[nH]c1c(Br)c4Br)C(Br)=C3Br)C(Br)=C2Br)c1ccccc1. The predicted molar refractivity (Wildman–Crippen MR) is 596 cm³/mol. The van der Waals surface area contributed by atoms with Gasteiger partial charge in [0.05, 0.1) is 161 Å². The summed E-state index contributed by atoms with van der Waals surface area (Å²) in [5, 5.41) is 40.4. The van der Waals surface area contributed by atoms with Gasteiger partial charge in [-0.2, -0.15) is 0 Å². The fraction of sp³-hybridized carbons (Fsp3) is 0.0400. The van der Waals surface area contributed by atoms with E-state index in [2.05, 4.69) is 275 Å². The summed E-state index contributed by atoms with van der Waals surface area (Å²) in [6.07, 6.45) is 0. The lowest BCUT2D eigenvalue weighted by atomic mass is 9.85. The van der Waals surface area contributed by atoms with Crippen LogP contribution in [0, 0.1) is 27.7 Å². The number of aromatic carboxylic acids is 4. The molecule has 0 saturated heterocycles. The Morgan fingerprint density at radius 1 is 0.221 bits per heavy atom. The maximum atomic E-state index is 14.1. The van der Waals surface area contributed by atoms with E-state index in [0.29, 0.717) is 165 Å². The second kappa shape index (κ2) is 41.6. The van der Waals surface area contributed by atoms with E-state index in [9.17, 15) is 58.8 Å². The number of carboxylic acids is 4. The number of aromatic nitrogens is 8. The number of benzene rings is 8. The Morgan fingerprint density at radius 3 is 0.636 bits per heavy atom. The van der Waals surface area contributed by atoms with Gasteiger partial charge >= 0.3 is 47.8 Å². The molecule has 140 heavy (non-hydrogen) atoms. The molecular formula is C100H52Br16N8O16. The number of carbonyl (C=O) groups is 8. The number of rotatable bonds is 16. The molecule has 24 nitrogen and oxygen atoms in total. The summed E-state index contributed by atoms with van der Waals surface area (Å²) in [6, 6.07) is 52.5. The number of hydrogen-bond acceptors (Lipinski definition) is 16. The third-order valence-electron chi connectivity index (χ3n) is 22.7. The van der Waals surface area contributed by atoms with Gasteiger partial charge < -0.3 is 59.3 Å². The molecule has 0 unspecified atom stereocenters. The zero-order chi connectivity index (χ0) is 100. The Hall–Kier alpha value is -9.60. The van der Waals surface area contributed by atoms with E-state index in [4.69, 9.17) is 38.9 Å². The second-order valence-electron chi connectivity index (χ2n) is 30.8. The minimum absolute atomic E-state index is 0.0593. The lowest BCUT2D eigenvalue weighted by molar-refractivity contribution is 0.0684. The van der Waals surface area contributed by atoms with E-state index < -0.39 is 47.8 Å². The van der Waals surface area contributed by atoms with Crippen molar-refractivity contribution in [3.05, 3.63) is 342 Å². The van der Waals surface area contributed by atoms with Crippen LogP contribution in [-0.4, -0.2) is 108 Å². The summed E-state index contributed by atoms with van der Waals surface area (Å²) >= 11 is 60.9. The molecule has 0 saturated carbocycles. The van der Waals surface area contributed by atoms with Crippen LogP contribution in [0.25, 0.3) is 125 Å². The van der Waals surface area contributed by atoms with Crippen molar-refractivity contribution in [2.24, 2.45) is 0 Å². The third kappa shape index (κ3) is 18.9. The molecule has 8 aromatic carbocycles. The number of nitrogens with one attached hydrogen (secondary N) is 4. The van der Waals surface area contributed by atoms with Gasteiger partial charge in [0.2, 0.25) is 0 Å². The smallest absolute Gasteiger partial charge is 0.343 e. The van der Waals surface area contributed by atoms with Crippen molar-refractivity contribution in [1.29, 1.82) is 0 Å². The lowest BCUT2D eigenvalue weighted by Crippen LogP contribution is -2.10. The van der Waals surface area contributed by atoms with Gasteiger partial charge in [-0.15, -0.1) is 0 Å². The highest BCUT2D eigenvalue weighted by Gasteiger charge is 2.38. The number of ether oxygens (including phenoxy) is 4. The minimum Gasteiger partial charge on any atom is -0.478 e. The Morgan fingerprint density at radius 2 is 0.414 bits per heavy atom. The molecule has 8 N–H and O–H groups in total. The largest absolute Gasteiger partial charge is 0.478 e. The average Bonchev–Trinajstić information content (AvgIpc) is 1.56. The Balaban J connectivity index is 0.000000193. The summed E-state index contributed by atoms with van der Waals surface area (Å²) in [7, 11) is 0. The van der Waals surface area contributed by atoms with Crippen LogP contribution in [0.5, 0.6) is 23.0 Å². The molecule has 0 amide bonds. The average molecular weight is 2900 g/mol. The standard InChI is InChI=1S/C52H30Br8N4O8.C48H22Br8N4O8/c1-17-19(3)28(52(71)72)20(4)18(2)27(17)32-47-39(59)37(57)45(63-47)30(22-7-13-25(14-8-22)50(67)68)43-35(55)33(53)41(61-43)29(21-5-11-24(12-6-21)49(65)66)42-34(54)36(56)44(62-42)31(46-38(58)40(60)48(32)64-46)23-9-15-26(16-10-23)51(69)70;49-25-27(51)35-42(66-46(62)22-15-7-2-8-16-22)37-29(53)31(55)39(59-37)44(68-48(64)24-19-11-4-12-20-24)40-32(56)30(54)38(60-40)43(67-47(63)23-17-9-3-10-18-23)36-28(52)26(50)34(58-36)41(33(25)57-35)65-45(61)21-13-5-1-6-14-21/h5-16,61,64H,1-4H3,(H,65,66)(H,67,68)(H,69,70)(H,71,72);1-20,57,60H. The molecule has 6 aromatic heterocycles. The summed E-state index contributed by atoms with van der Waals surface area (Å²) in [4.78, 5) is 141. The first-order valence-electron chi connectivity index (χ1n) is 40.6. The monoisotopic (exact) mass is 2880 g/mol. The topological polar surface area (TPSA) is 369 Å².